The number of amides is 1. The zero-order chi connectivity index (χ0) is 18.5. The predicted molar refractivity (Wildman–Crippen MR) is 98.9 cm³/mol. The molecule has 1 aromatic carbocycles. The number of nitrogens with zero attached hydrogens (tertiary/aromatic N) is 2. The van der Waals surface area contributed by atoms with Crippen LogP contribution in [0.2, 0.25) is 0 Å². The standard InChI is InChI=1S/C20H27N3O3/c1-4-15-5-7-16(8-6-15)11-23-10-9-18-17(12-23)22-20(26-18)19(24)21-14(2)13-25-3/h5-8,14H,4,9-13H2,1-3H3,(H,21,24). The second-order valence-electron chi connectivity index (χ2n) is 6.85. The van der Waals surface area contributed by atoms with Crippen LogP contribution in [0, 0.1) is 0 Å². The highest BCUT2D eigenvalue weighted by molar-refractivity contribution is 5.89. The summed E-state index contributed by atoms with van der Waals surface area (Å²) >= 11 is 0. The fourth-order valence-corrected chi connectivity index (χ4v) is 3.20. The number of hydrogen-bond acceptors (Lipinski definition) is 5. The maximum Gasteiger partial charge on any atom is 0.307 e. The summed E-state index contributed by atoms with van der Waals surface area (Å²) in [6.07, 6.45) is 1.83. The lowest BCUT2D eigenvalue weighted by Gasteiger charge is -2.25. The first kappa shape index (κ1) is 18.6. The van der Waals surface area contributed by atoms with Crippen LogP contribution >= 0.6 is 0 Å². The Morgan fingerprint density at radius 2 is 2.08 bits per heavy atom. The molecule has 0 spiro atoms. The van der Waals surface area contributed by atoms with Gasteiger partial charge in [-0.25, -0.2) is 4.98 Å². The van der Waals surface area contributed by atoms with Gasteiger partial charge in [-0.05, 0) is 24.5 Å². The van der Waals surface area contributed by atoms with Gasteiger partial charge in [0.15, 0.2) is 0 Å². The molecule has 1 aromatic heterocycles. The van der Waals surface area contributed by atoms with Crippen LogP contribution in [-0.2, 0) is 30.7 Å². The Morgan fingerprint density at radius 1 is 1.35 bits per heavy atom. The van der Waals surface area contributed by atoms with Gasteiger partial charge in [-0.15, -0.1) is 0 Å². The Balaban J connectivity index is 1.61. The third-order valence-electron chi connectivity index (χ3n) is 4.63. The van der Waals surface area contributed by atoms with E-state index in [4.69, 9.17) is 9.15 Å². The Morgan fingerprint density at radius 3 is 2.77 bits per heavy atom. The summed E-state index contributed by atoms with van der Waals surface area (Å²) in [5.74, 6) is 0.685. The molecule has 0 bridgehead atoms. The van der Waals surface area contributed by atoms with Crippen LogP contribution in [0.15, 0.2) is 28.7 Å². The first-order valence-electron chi connectivity index (χ1n) is 9.17. The fraction of sp³-hybridized carbons (Fsp3) is 0.500. The van der Waals surface area contributed by atoms with Crippen LogP contribution in [0.1, 0.15) is 47.1 Å². The third kappa shape index (κ3) is 4.51. The molecule has 6 nitrogen and oxygen atoms in total. The second-order valence-corrected chi connectivity index (χ2v) is 6.85. The van der Waals surface area contributed by atoms with E-state index in [2.05, 4.69) is 46.4 Å². The summed E-state index contributed by atoms with van der Waals surface area (Å²) in [4.78, 5) is 19.0. The maximum absolute atomic E-state index is 12.2. The highest BCUT2D eigenvalue weighted by atomic mass is 16.5. The van der Waals surface area contributed by atoms with E-state index in [0.717, 1.165) is 37.4 Å². The number of ether oxygens (including phenoxy) is 1. The molecule has 3 rings (SSSR count). The molecule has 6 heteroatoms. The van der Waals surface area contributed by atoms with Crippen molar-refractivity contribution >= 4 is 5.91 Å². The van der Waals surface area contributed by atoms with Crippen molar-refractivity contribution in [3.63, 3.8) is 0 Å². The van der Waals surface area contributed by atoms with Crippen molar-refractivity contribution < 1.29 is 13.9 Å². The van der Waals surface area contributed by atoms with Gasteiger partial charge in [0.25, 0.3) is 5.89 Å². The van der Waals surface area contributed by atoms with Crippen molar-refractivity contribution in [3.05, 3.63) is 52.7 Å². The number of carbonyl (C=O) groups excluding carboxylic acids is 1. The maximum atomic E-state index is 12.2. The molecular weight excluding hydrogens is 330 g/mol. The van der Waals surface area contributed by atoms with Gasteiger partial charge >= 0.3 is 5.91 Å². The van der Waals surface area contributed by atoms with Crippen molar-refractivity contribution in [2.45, 2.75) is 45.8 Å². The minimum absolute atomic E-state index is 0.0842. The molecule has 26 heavy (non-hydrogen) atoms. The summed E-state index contributed by atoms with van der Waals surface area (Å²) < 4.78 is 10.7. The largest absolute Gasteiger partial charge is 0.437 e. The zero-order valence-corrected chi connectivity index (χ0v) is 15.7. The van der Waals surface area contributed by atoms with Gasteiger partial charge in [-0.3, -0.25) is 9.69 Å². The molecule has 0 fully saturated rings. The van der Waals surface area contributed by atoms with E-state index >= 15 is 0 Å². The van der Waals surface area contributed by atoms with Crippen LogP contribution in [0.3, 0.4) is 0 Å². The third-order valence-corrected chi connectivity index (χ3v) is 4.63. The number of fused-ring (bicyclic) bond motifs is 1. The summed E-state index contributed by atoms with van der Waals surface area (Å²) in [7, 11) is 1.61. The molecule has 1 atom stereocenters. The van der Waals surface area contributed by atoms with Gasteiger partial charge in [-0.1, -0.05) is 31.2 Å². The summed E-state index contributed by atoms with van der Waals surface area (Å²) in [6.45, 7) is 6.99. The van der Waals surface area contributed by atoms with E-state index in [9.17, 15) is 4.79 Å². The SMILES string of the molecule is CCc1ccc(CN2CCc3oc(C(=O)NC(C)COC)nc3C2)cc1. The first-order chi connectivity index (χ1) is 12.6. The van der Waals surface area contributed by atoms with Crippen LogP contribution in [-0.4, -0.2) is 42.1 Å². The van der Waals surface area contributed by atoms with Crippen LogP contribution < -0.4 is 5.32 Å². The van der Waals surface area contributed by atoms with E-state index in [-0.39, 0.29) is 17.8 Å². The molecule has 0 aliphatic carbocycles. The van der Waals surface area contributed by atoms with Crippen LogP contribution in [0.5, 0.6) is 0 Å². The number of benzene rings is 1. The average Bonchev–Trinajstić information content (AvgIpc) is 3.06. The molecule has 0 saturated carbocycles. The molecule has 2 heterocycles. The Hall–Kier alpha value is -2.18. The number of nitrogens with one attached hydrogen (secondary N) is 1. The fourth-order valence-electron chi connectivity index (χ4n) is 3.20. The quantitative estimate of drug-likeness (QED) is 0.825. The number of oxazole rings is 1. The topological polar surface area (TPSA) is 67.6 Å². The van der Waals surface area contributed by atoms with E-state index in [1.807, 2.05) is 6.92 Å². The van der Waals surface area contributed by atoms with Gasteiger partial charge in [0.1, 0.15) is 5.76 Å². The van der Waals surface area contributed by atoms with Crippen molar-refractivity contribution in [2.75, 3.05) is 20.3 Å². The predicted octanol–water partition coefficient (Wildman–Crippen LogP) is 2.56. The van der Waals surface area contributed by atoms with Crippen molar-refractivity contribution in [2.24, 2.45) is 0 Å². The molecule has 140 valence electrons. The highest BCUT2D eigenvalue weighted by Gasteiger charge is 2.25. The number of hydrogen-bond donors (Lipinski definition) is 1. The zero-order valence-electron chi connectivity index (χ0n) is 15.7. The van der Waals surface area contributed by atoms with Gasteiger partial charge in [0.05, 0.1) is 12.3 Å². The number of aromatic nitrogens is 1. The Bertz CT molecular complexity index is 739. The minimum atomic E-state index is -0.286. The minimum Gasteiger partial charge on any atom is -0.437 e. The van der Waals surface area contributed by atoms with Crippen molar-refractivity contribution in [3.8, 4) is 0 Å². The highest BCUT2D eigenvalue weighted by Crippen LogP contribution is 2.21. The first-order valence-corrected chi connectivity index (χ1v) is 9.17. The van der Waals surface area contributed by atoms with Gasteiger partial charge < -0.3 is 14.5 Å². The molecule has 1 amide bonds. The van der Waals surface area contributed by atoms with Gasteiger partial charge in [-0.2, -0.15) is 0 Å². The van der Waals surface area contributed by atoms with Gasteiger partial charge in [0.2, 0.25) is 0 Å². The number of rotatable bonds is 7. The summed E-state index contributed by atoms with van der Waals surface area (Å²) in [6, 6.07) is 8.66. The number of carbonyl (C=O) groups is 1. The molecule has 1 aliphatic rings. The lowest BCUT2D eigenvalue weighted by Crippen LogP contribution is -2.35. The smallest absolute Gasteiger partial charge is 0.307 e. The van der Waals surface area contributed by atoms with Gasteiger partial charge in [0, 0.05) is 39.2 Å². The average molecular weight is 357 g/mol. The Kier molecular flexibility index (Phi) is 6.06. The molecule has 1 N–H and O–H groups in total. The number of aryl methyl sites for hydroxylation is 1. The van der Waals surface area contributed by atoms with Crippen LogP contribution in [0.25, 0.3) is 0 Å². The molecule has 0 radical (unpaired) electrons. The molecule has 0 saturated heterocycles. The van der Waals surface area contributed by atoms with Crippen LogP contribution in [0.4, 0.5) is 0 Å². The summed E-state index contributed by atoms with van der Waals surface area (Å²) in [5.41, 5.74) is 3.51. The lowest BCUT2D eigenvalue weighted by atomic mass is 10.1. The normalized spacial score (nSPS) is 15.5. The van der Waals surface area contributed by atoms with E-state index < -0.39 is 0 Å². The second kappa shape index (κ2) is 8.47. The number of methoxy groups -OCH3 is 1. The summed E-state index contributed by atoms with van der Waals surface area (Å²) in [5, 5.41) is 2.83. The Labute approximate surface area is 154 Å². The molecule has 1 unspecified atom stereocenters. The van der Waals surface area contributed by atoms with E-state index in [1.165, 1.54) is 11.1 Å². The van der Waals surface area contributed by atoms with E-state index in [1.54, 1.807) is 7.11 Å². The monoisotopic (exact) mass is 357 g/mol. The molecular formula is C20H27N3O3. The van der Waals surface area contributed by atoms with Crippen molar-refractivity contribution in [1.82, 2.24) is 15.2 Å². The van der Waals surface area contributed by atoms with Crippen molar-refractivity contribution in [1.29, 1.82) is 0 Å². The molecule has 1 aliphatic heterocycles. The lowest BCUT2D eigenvalue weighted by molar-refractivity contribution is 0.0869. The molecule has 2 aromatic rings. The van der Waals surface area contributed by atoms with E-state index in [0.29, 0.717) is 13.2 Å².